The minimum atomic E-state index is -0.578. The number of nitrogens with one attached hydrogen (secondary N) is 1. The third-order valence-corrected chi connectivity index (χ3v) is 4.63. The zero-order chi connectivity index (χ0) is 20.4. The number of anilines is 1. The molecule has 4 rings (SSSR count). The fourth-order valence-electron chi connectivity index (χ4n) is 3.17. The van der Waals surface area contributed by atoms with Crippen molar-refractivity contribution in [3.8, 4) is 0 Å². The lowest BCUT2D eigenvalue weighted by Crippen LogP contribution is -2.28. The number of halogens is 1. The molecular formula is C23H18FN3O2. The summed E-state index contributed by atoms with van der Waals surface area (Å²) < 4.78 is 15.4. The van der Waals surface area contributed by atoms with E-state index in [1.165, 1.54) is 16.8 Å². The molecule has 144 valence electrons. The number of benzene rings is 3. The smallest absolute Gasteiger partial charge is 0.276 e. The van der Waals surface area contributed by atoms with Crippen molar-refractivity contribution in [3.63, 3.8) is 0 Å². The molecule has 0 saturated heterocycles. The Balaban J connectivity index is 1.79. The van der Waals surface area contributed by atoms with E-state index in [-0.39, 0.29) is 23.5 Å². The lowest BCUT2D eigenvalue weighted by molar-refractivity contribution is 0.102. The topological polar surface area (TPSA) is 64.0 Å². The number of aromatic nitrogens is 2. The monoisotopic (exact) mass is 387 g/mol. The van der Waals surface area contributed by atoms with Crippen LogP contribution in [0.15, 0.2) is 77.6 Å². The molecule has 0 aliphatic carbocycles. The Morgan fingerprint density at radius 2 is 1.69 bits per heavy atom. The summed E-state index contributed by atoms with van der Waals surface area (Å²) in [5.74, 6) is -1.11. The molecule has 1 amide bonds. The van der Waals surface area contributed by atoms with Gasteiger partial charge in [0.15, 0.2) is 5.69 Å². The van der Waals surface area contributed by atoms with Gasteiger partial charge in [-0.05, 0) is 36.2 Å². The Labute approximate surface area is 166 Å². The quantitative estimate of drug-likeness (QED) is 0.572. The fourth-order valence-corrected chi connectivity index (χ4v) is 3.17. The highest BCUT2D eigenvalue weighted by molar-refractivity contribution is 6.11. The lowest BCUT2D eigenvalue weighted by atomic mass is 10.1. The summed E-state index contributed by atoms with van der Waals surface area (Å²) in [5.41, 5.74) is 1.47. The summed E-state index contributed by atoms with van der Waals surface area (Å²) in [5, 5.41) is 7.68. The minimum absolute atomic E-state index is 0.0623. The number of hydrogen-bond acceptors (Lipinski definition) is 3. The van der Waals surface area contributed by atoms with E-state index < -0.39 is 11.7 Å². The second-order valence-electron chi connectivity index (χ2n) is 6.78. The molecule has 0 aliphatic rings. The van der Waals surface area contributed by atoms with Crippen molar-refractivity contribution in [2.24, 2.45) is 0 Å². The average molecular weight is 387 g/mol. The normalized spacial score (nSPS) is 10.8. The molecule has 0 bridgehead atoms. The molecular weight excluding hydrogens is 369 g/mol. The van der Waals surface area contributed by atoms with Crippen LogP contribution in [0.2, 0.25) is 0 Å². The third kappa shape index (κ3) is 3.78. The van der Waals surface area contributed by atoms with Gasteiger partial charge < -0.3 is 5.32 Å². The van der Waals surface area contributed by atoms with E-state index in [9.17, 15) is 14.0 Å². The minimum Gasteiger partial charge on any atom is -0.318 e. The highest BCUT2D eigenvalue weighted by atomic mass is 19.1. The molecule has 5 nitrogen and oxygen atoms in total. The van der Waals surface area contributed by atoms with Gasteiger partial charge >= 0.3 is 0 Å². The summed E-state index contributed by atoms with van der Waals surface area (Å²) in [6.45, 7) is 1.99. The van der Waals surface area contributed by atoms with Crippen molar-refractivity contribution < 1.29 is 9.18 Å². The van der Waals surface area contributed by atoms with Crippen LogP contribution < -0.4 is 10.9 Å². The fraction of sp³-hybridized carbons (Fsp3) is 0.0870. The Kier molecular flexibility index (Phi) is 4.91. The number of aryl methyl sites for hydroxylation is 1. The standard InChI is InChI=1S/C23H18FN3O2/c1-15-11-12-20(19(24)13-15)25-22(28)21-17-9-5-6-10-18(17)23(29)27(26-21)14-16-7-3-2-4-8-16/h2-13H,14H2,1H3,(H,25,28). The maximum Gasteiger partial charge on any atom is 0.276 e. The Morgan fingerprint density at radius 3 is 2.41 bits per heavy atom. The molecule has 1 heterocycles. The summed E-state index contributed by atoms with van der Waals surface area (Å²) in [4.78, 5) is 25.8. The van der Waals surface area contributed by atoms with Crippen LogP contribution >= 0.6 is 0 Å². The number of amides is 1. The van der Waals surface area contributed by atoms with Crippen molar-refractivity contribution in [2.45, 2.75) is 13.5 Å². The lowest BCUT2D eigenvalue weighted by Gasteiger charge is -2.12. The summed E-state index contributed by atoms with van der Waals surface area (Å²) in [6, 6.07) is 20.7. The van der Waals surface area contributed by atoms with Gasteiger partial charge in [-0.25, -0.2) is 9.07 Å². The molecule has 6 heteroatoms. The van der Waals surface area contributed by atoms with Gasteiger partial charge in [-0.2, -0.15) is 5.10 Å². The van der Waals surface area contributed by atoms with Crippen LogP contribution in [0.5, 0.6) is 0 Å². The Hall–Kier alpha value is -3.80. The van der Waals surface area contributed by atoms with Gasteiger partial charge in [-0.15, -0.1) is 0 Å². The van der Waals surface area contributed by atoms with Crippen molar-refractivity contribution in [3.05, 3.63) is 106 Å². The number of hydrogen-bond donors (Lipinski definition) is 1. The summed E-state index contributed by atoms with van der Waals surface area (Å²) >= 11 is 0. The first kappa shape index (κ1) is 18.6. The largest absolute Gasteiger partial charge is 0.318 e. The first-order valence-electron chi connectivity index (χ1n) is 9.14. The summed E-state index contributed by atoms with van der Waals surface area (Å²) in [6.07, 6.45) is 0. The van der Waals surface area contributed by atoms with Gasteiger partial charge in [0.25, 0.3) is 11.5 Å². The van der Waals surface area contributed by atoms with E-state index in [0.29, 0.717) is 10.8 Å². The maximum atomic E-state index is 14.2. The molecule has 3 aromatic carbocycles. The van der Waals surface area contributed by atoms with Crippen LogP contribution in [0.25, 0.3) is 10.8 Å². The molecule has 0 unspecified atom stereocenters. The summed E-state index contributed by atoms with van der Waals surface area (Å²) in [7, 11) is 0. The number of nitrogens with zero attached hydrogens (tertiary/aromatic N) is 2. The molecule has 0 saturated carbocycles. The van der Waals surface area contributed by atoms with Gasteiger partial charge in [-0.3, -0.25) is 9.59 Å². The highest BCUT2D eigenvalue weighted by Gasteiger charge is 2.18. The molecule has 1 aromatic heterocycles. The average Bonchev–Trinajstić information content (AvgIpc) is 2.73. The first-order chi connectivity index (χ1) is 14.0. The molecule has 0 radical (unpaired) electrons. The predicted molar refractivity (Wildman–Crippen MR) is 111 cm³/mol. The van der Waals surface area contributed by atoms with Gasteiger partial charge in [0.2, 0.25) is 0 Å². The van der Waals surface area contributed by atoms with E-state index in [2.05, 4.69) is 10.4 Å². The molecule has 0 aliphatic heterocycles. The van der Waals surface area contributed by atoms with Crippen LogP contribution in [0, 0.1) is 12.7 Å². The maximum absolute atomic E-state index is 14.2. The third-order valence-electron chi connectivity index (χ3n) is 4.63. The van der Waals surface area contributed by atoms with E-state index in [1.807, 2.05) is 30.3 Å². The number of fused-ring (bicyclic) bond motifs is 1. The van der Waals surface area contributed by atoms with Gasteiger partial charge in [-0.1, -0.05) is 54.6 Å². The van der Waals surface area contributed by atoms with Gasteiger partial charge in [0.05, 0.1) is 17.6 Å². The molecule has 29 heavy (non-hydrogen) atoms. The van der Waals surface area contributed by atoms with Crippen LogP contribution in [-0.2, 0) is 6.54 Å². The highest BCUT2D eigenvalue weighted by Crippen LogP contribution is 2.19. The molecule has 0 atom stereocenters. The molecule has 0 fully saturated rings. The van der Waals surface area contributed by atoms with E-state index >= 15 is 0 Å². The SMILES string of the molecule is Cc1ccc(NC(=O)c2nn(Cc3ccccc3)c(=O)c3ccccc23)c(F)c1. The van der Waals surface area contributed by atoms with Crippen molar-refractivity contribution >= 4 is 22.4 Å². The second-order valence-corrected chi connectivity index (χ2v) is 6.78. The van der Waals surface area contributed by atoms with E-state index in [4.69, 9.17) is 0 Å². The first-order valence-corrected chi connectivity index (χ1v) is 9.14. The van der Waals surface area contributed by atoms with Crippen molar-refractivity contribution in [1.82, 2.24) is 9.78 Å². The van der Waals surface area contributed by atoms with Crippen molar-refractivity contribution in [1.29, 1.82) is 0 Å². The second kappa shape index (κ2) is 7.67. The molecule has 1 N–H and O–H groups in total. The Morgan fingerprint density at radius 1 is 1.00 bits per heavy atom. The van der Waals surface area contributed by atoms with Crippen LogP contribution in [0.4, 0.5) is 10.1 Å². The number of carbonyl (C=O) groups excluding carboxylic acids is 1. The number of carbonyl (C=O) groups is 1. The van der Waals surface area contributed by atoms with Gasteiger partial charge in [0.1, 0.15) is 5.82 Å². The molecule has 0 spiro atoms. The zero-order valence-electron chi connectivity index (χ0n) is 15.7. The van der Waals surface area contributed by atoms with Gasteiger partial charge in [0, 0.05) is 5.39 Å². The predicted octanol–water partition coefficient (Wildman–Crippen LogP) is 4.14. The van der Waals surface area contributed by atoms with Crippen LogP contribution in [0.1, 0.15) is 21.6 Å². The number of rotatable bonds is 4. The van der Waals surface area contributed by atoms with E-state index in [0.717, 1.165) is 11.1 Å². The van der Waals surface area contributed by atoms with Crippen molar-refractivity contribution in [2.75, 3.05) is 5.32 Å². The van der Waals surface area contributed by atoms with E-state index in [1.54, 1.807) is 37.3 Å². The van der Waals surface area contributed by atoms with Crippen LogP contribution in [-0.4, -0.2) is 15.7 Å². The zero-order valence-corrected chi connectivity index (χ0v) is 15.7. The Bertz CT molecular complexity index is 1270. The van der Waals surface area contributed by atoms with Crippen LogP contribution in [0.3, 0.4) is 0 Å². The molecule has 4 aromatic rings.